The fraction of sp³-hybridized carbons (Fsp3) is 0.692. The van der Waals surface area contributed by atoms with E-state index in [2.05, 4.69) is 79.1 Å². The third-order valence-corrected chi connectivity index (χ3v) is 8.02. The van der Waals surface area contributed by atoms with Gasteiger partial charge in [0.15, 0.2) is 6.10 Å². The van der Waals surface area contributed by atoms with Crippen molar-refractivity contribution in [1.29, 1.82) is 0 Å². The maximum atomic E-state index is 12.3. The number of hydrogen-bond donors (Lipinski definition) is 2. The first-order valence-electron chi connectivity index (χ1n) is 18.6. The first-order chi connectivity index (χ1) is 23.3. The van der Waals surface area contributed by atoms with Gasteiger partial charge in [0.2, 0.25) is 0 Å². The Hall–Kier alpha value is -2.25. The molecular formula is C39H67O8P. The lowest BCUT2D eigenvalue weighted by molar-refractivity contribution is -0.161. The lowest BCUT2D eigenvalue weighted by atomic mass is 10.1. The van der Waals surface area contributed by atoms with Crippen molar-refractivity contribution in [2.45, 2.75) is 161 Å². The average molecular weight is 695 g/mol. The second-order valence-electron chi connectivity index (χ2n) is 12.2. The fourth-order valence-corrected chi connectivity index (χ4v) is 5.08. The molecule has 0 spiro atoms. The molecule has 0 amide bonds. The molecule has 1 atom stereocenters. The number of phosphoric ester groups is 1. The van der Waals surface area contributed by atoms with Gasteiger partial charge in [0.1, 0.15) is 6.61 Å². The van der Waals surface area contributed by atoms with Crippen molar-refractivity contribution < 1.29 is 37.9 Å². The van der Waals surface area contributed by atoms with Gasteiger partial charge in [0, 0.05) is 12.8 Å². The molecule has 276 valence electrons. The Morgan fingerprint density at radius 1 is 0.562 bits per heavy atom. The van der Waals surface area contributed by atoms with Gasteiger partial charge in [-0.2, -0.15) is 0 Å². The standard InChI is InChI=1S/C39H67O8P/c1-3-5-7-9-11-13-15-17-19-21-23-25-27-29-31-33-38(40)45-35-37(36-46-48(42,43)44)47-39(41)34-32-30-28-26-24-22-20-18-16-14-12-10-8-6-4-2/h11,13-14,16-20,23,25,37H,3-10,12,15,21-22,24,26-36H2,1-2H3,(H2,42,43,44)/b13-11+,16-14+,19-17+,20-18+,25-23+/t37-/m1/s1. The van der Waals surface area contributed by atoms with Crippen LogP contribution in [-0.2, 0) is 28.2 Å². The first kappa shape index (κ1) is 45.8. The third kappa shape index (κ3) is 36.6. The molecule has 8 nitrogen and oxygen atoms in total. The minimum Gasteiger partial charge on any atom is -0.462 e. The Morgan fingerprint density at radius 2 is 1.00 bits per heavy atom. The number of rotatable bonds is 33. The van der Waals surface area contributed by atoms with Gasteiger partial charge in [-0.15, -0.1) is 0 Å². The lowest BCUT2D eigenvalue weighted by Gasteiger charge is -2.18. The summed E-state index contributed by atoms with van der Waals surface area (Å²) < 4.78 is 26.2. The van der Waals surface area contributed by atoms with E-state index in [0.717, 1.165) is 70.6 Å². The molecule has 0 aliphatic rings. The van der Waals surface area contributed by atoms with Crippen molar-refractivity contribution in [2.24, 2.45) is 0 Å². The Morgan fingerprint density at radius 3 is 1.60 bits per heavy atom. The highest BCUT2D eigenvalue weighted by molar-refractivity contribution is 7.46. The molecule has 0 saturated carbocycles. The van der Waals surface area contributed by atoms with Crippen LogP contribution in [0.1, 0.15) is 155 Å². The normalized spacial score (nSPS) is 13.2. The number of carbonyl (C=O) groups is 2. The van der Waals surface area contributed by atoms with Crippen LogP contribution in [0, 0.1) is 0 Å². The smallest absolute Gasteiger partial charge is 0.462 e. The minimum atomic E-state index is -4.76. The molecule has 48 heavy (non-hydrogen) atoms. The van der Waals surface area contributed by atoms with E-state index in [1.54, 1.807) is 0 Å². The van der Waals surface area contributed by atoms with E-state index >= 15 is 0 Å². The Kier molecular flexibility index (Phi) is 33.0. The summed E-state index contributed by atoms with van der Waals surface area (Å²) >= 11 is 0. The molecule has 0 aromatic rings. The molecule has 0 unspecified atom stereocenters. The van der Waals surface area contributed by atoms with Gasteiger partial charge in [0.05, 0.1) is 6.61 Å². The summed E-state index contributed by atoms with van der Waals surface area (Å²) in [4.78, 5) is 42.7. The molecule has 0 heterocycles. The third-order valence-electron chi connectivity index (χ3n) is 7.54. The summed E-state index contributed by atoms with van der Waals surface area (Å²) in [6.45, 7) is 3.57. The van der Waals surface area contributed by atoms with E-state index in [1.807, 2.05) is 0 Å². The molecule has 0 aliphatic heterocycles. The van der Waals surface area contributed by atoms with Crippen LogP contribution < -0.4 is 0 Å². The average Bonchev–Trinajstić information content (AvgIpc) is 3.05. The predicted octanol–water partition coefficient (Wildman–Crippen LogP) is 11.0. The largest absolute Gasteiger partial charge is 0.469 e. The zero-order chi connectivity index (χ0) is 35.4. The predicted molar refractivity (Wildman–Crippen MR) is 197 cm³/mol. The number of unbranched alkanes of at least 4 members (excludes halogenated alkanes) is 14. The lowest BCUT2D eigenvalue weighted by Crippen LogP contribution is -2.29. The van der Waals surface area contributed by atoms with E-state index in [9.17, 15) is 14.2 Å². The summed E-state index contributed by atoms with van der Waals surface area (Å²) in [5.74, 6) is -0.953. The van der Waals surface area contributed by atoms with Crippen molar-refractivity contribution >= 4 is 19.8 Å². The van der Waals surface area contributed by atoms with Crippen molar-refractivity contribution in [3.8, 4) is 0 Å². The molecule has 0 rings (SSSR count). The molecule has 0 aromatic heterocycles. The molecule has 0 fully saturated rings. The van der Waals surface area contributed by atoms with Gasteiger partial charge in [0.25, 0.3) is 0 Å². The highest BCUT2D eigenvalue weighted by Crippen LogP contribution is 2.35. The molecule has 9 heteroatoms. The van der Waals surface area contributed by atoms with Crippen LogP contribution in [0.3, 0.4) is 0 Å². The number of allylic oxidation sites excluding steroid dienone is 10. The summed E-state index contributed by atoms with van der Waals surface area (Å²) in [6.07, 6.45) is 42.2. The van der Waals surface area contributed by atoms with Gasteiger partial charge < -0.3 is 19.3 Å². The maximum Gasteiger partial charge on any atom is 0.469 e. The zero-order valence-corrected chi connectivity index (χ0v) is 31.0. The molecule has 0 aromatic carbocycles. The fourth-order valence-electron chi connectivity index (χ4n) is 4.72. The molecule has 0 radical (unpaired) electrons. The van der Waals surface area contributed by atoms with Gasteiger partial charge in [-0.1, -0.05) is 126 Å². The minimum absolute atomic E-state index is 0.183. The molecule has 2 N–H and O–H groups in total. The van der Waals surface area contributed by atoms with Crippen molar-refractivity contribution in [3.05, 3.63) is 60.8 Å². The zero-order valence-electron chi connectivity index (χ0n) is 30.1. The maximum absolute atomic E-state index is 12.3. The molecule has 0 bridgehead atoms. The summed E-state index contributed by atoms with van der Waals surface area (Å²) in [6, 6.07) is 0. The van der Waals surface area contributed by atoms with Crippen LogP contribution >= 0.6 is 7.82 Å². The van der Waals surface area contributed by atoms with Crippen LogP contribution in [0.2, 0.25) is 0 Å². The van der Waals surface area contributed by atoms with E-state index in [4.69, 9.17) is 19.3 Å². The summed E-state index contributed by atoms with van der Waals surface area (Å²) in [5.41, 5.74) is 0. The SMILES string of the molecule is CCCCC/C=C/C/C=C/C/C=C/CCCCC(=O)OC[C@H](COP(=O)(O)O)OC(=O)CCCCCCC/C=C/C=C/CCCCCC. The number of ether oxygens (including phenoxy) is 2. The summed E-state index contributed by atoms with van der Waals surface area (Å²) in [5, 5.41) is 0. The topological polar surface area (TPSA) is 119 Å². The quantitative estimate of drug-likeness (QED) is 0.0229. The highest BCUT2D eigenvalue weighted by Gasteiger charge is 2.22. The Balaban J connectivity index is 4.09. The van der Waals surface area contributed by atoms with Crippen LogP contribution in [0.15, 0.2) is 60.8 Å². The first-order valence-corrected chi connectivity index (χ1v) is 20.1. The second kappa shape index (κ2) is 34.6. The molecule has 0 saturated heterocycles. The molecular weight excluding hydrogens is 627 g/mol. The van der Waals surface area contributed by atoms with Crippen molar-refractivity contribution in [2.75, 3.05) is 13.2 Å². The number of hydrogen-bond acceptors (Lipinski definition) is 6. The van der Waals surface area contributed by atoms with E-state index in [-0.39, 0.29) is 19.4 Å². The van der Waals surface area contributed by atoms with Gasteiger partial charge in [-0.05, 0) is 77.0 Å². The van der Waals surface area contributed by atoms with Gasteiger partial charge in [-0.3, -0.25) is 14.1 Å². The second-order valence-corrected chi connectivity index (χ2v) is 13.5. The summed E-state index contributed by atoms with van der Waals surface area (Å²) in [7, 11) is -4.76. The number of esters is 2. The van der Waals surface area contributed by atoms with Crippen molar-refractivity contribution in [1.82, 2.24) is 0 Å². The number of carbonyl (C=O) groups excluding carboxylic acids is 2. The van der Waals surface area contributed by atoms with E-state index < -0.39 is 32.5 Å². The van der Waals surface area contributed by atoms with E-state index in [0.29, 0.717) is 12.8 Å². The van der Waals surface area contributed by atoms with Crippen LogP contribution in [-0.4, -0.2) is 41.0 Å². The van der Waals surface area contributed by atoms with Crippen LogP contribution in [0.25, 0.3) is 0 Å². The number of phosphoric acid groups is 1. The van der Waals surface area contributed by atoms with Gasteiger partial charge in [-0.25, -0.2) is 4.57 Å². The van der Waals surface area contributed by atoms with Gasteiger partial charge >= 0.3 is 19.8 Å². The highest BCUT2D eigenvalue weighted by atomic mass is 31.2. The van der Waals surface area contributed by atoms with Crippen molar-refractivity contribution in [3.63, 3.8) is 0 Å². The molecule has 0 aliphatic carbocycles. The monoisotopic (exact) mass is 694 g/mol. The van der Waals surface area contributed by atoms with E-state index in [1.165, 1.54) is 44.9 Å². The Bertz CT molecular complexity index is 963. The Labute approximate surface area is 292 Å². The van der Waals surface area contributed by atoms with Crippen LogP contribution in [0.4, 0.5) is 0 Å². The van der Waals surface area contributed by atoms with Crippen LogP contribution in [0.5, 0.6) is 0 Å².